The van der Waals surface area contributed by atoms with Crippen LogP contribution >= 0.6 is 0 Å². The van der Waals surface area contributed by atoms with E-state index >= 15 is 0 Å². The van der Waals surface area contributed by atoms with Gasteiger partial charge in [-0.3, -0.25) is 0 Å². The van der Waals surface area contributed by atoms with Crippen LogP contribution in [0.15, 0.2) is 207 Å². The van der Waals surface area contributed by atoms with Gasteiger partial charge in [-0.25, -0.2) is 15.0 Å². The number of nitrogens with zero attached hydrogens (tertiary/aromatic N) is 4. The van der Waals surface area contributed by atoms with Crippen LogP contribution in [-0.4, -0.2) is 19.5 Å². The second-order valence-electron chi connectivity index (χ2n) is 17.1. The number of furan rings is 3. The summed E-state index contributed by atoms with van der Waals surface area (Å²) in [5, 5.41) is 13.2. The molecule has 306 valence electrons. The molecule has 0 aliphatic rings. The average Bonchev–Trinajstić information content (AvgIpc) is 4.13. The van der Waals surface area contributed by atoms with Crippen molar-refractivity contribution in [2.45, 2.75) is 0 Å². The first kappa shape index (κ1) is 35.4. The average molecular weight is 845 g/mol. The van der Waals surface area contributed by atoms with Crippen LogP contribution in [0.25, 0.3) is 149 Å². The van der Waals surface area contributed by atoms with Gasteiger partial charge in [0, 0.05) is 59.8 Å². The molecule has 0 spiro atoms. The quantitative estimate of drug-likeness (QED) is 0.175. The molecule has 15 aromatic rings. The minimum absolute atomic E-state index is 0.498. The molecule has 0 aliphatic carbocycles. The van der Waals surface area contributed by atoms with Crippen molar-refractivity contribution < 1.29 is 13.3 Å². The van der Waals surface area contributed by atoms with Crippen molar-refractivity contribution in [1.29, 1.82) is 0 Å². The van der Waals surface area contributed by atoms with Crippen LogP contribution in [0.5, 0.6) is 0 Å². The Morgan fingerprint density at radius 1 is 0.303 bits per heavy atom. The van der Waals surface area contributed by atoms with Gasteiger partial charge in [-0.2, -0.15) is 0 Å². The summed E-state index contributed by atoms with van der Waals surface area (Å²) in [6, 6.07) is 67.5. The third-order valence-corrected chi connectivity index (χ3v) is 13.4. The number of fused-ring (bicyclic) bond motifs is 15. The Labute approximate surface area is 374 Å². The molecule has 0 amide bonds. The number of aromatic nitrogens is 4. The van der Waals surface area contributed by atoms with Gasteiger partial charge in [0.2, 0.25) is 0 Å². The normalized spacial score (nSPS) is 12.2. The number of para-hydroxylation sites is 3. The van der Waals surface area contributed by atoms with Gasteiger partial charge in [0.1, 0.15) is 33.5 Å². The van der Waals surface area contributed by atoms with Crippen LogP contribution in [0.2, 0.25) is 0 Å². The number of benzene rings is 10. The molecule has 10 aromatic carbocycles. The summed E-state index contributed by atoms with van der Waals surface area (Å²) in [6.07, 6.45) is 0. The molecule has 0 atom stereocenters. The van der Waals surface area contributed by atoms with Gasteiger partial charge in [-0.15, -0.1) is 0 Å². The SMILES string of the molecule is c1ccc2cc3c(cc2c1)c1ccccc1n3-c1cc2c(cc1-c1nc(-c3ccc4c(c3)oc3ccccc34)nc(-c3ccc4c(c3)oc3ccccc34)n1)oc1ccc3ccccc3c12. The first-order chi connectivity index (χ1) is 32.7. The summed E-state index contributed by atoms with van der Waals surface area (Å²) < 4.78 is 22.0. The molecule has 0 N–H and O–H groups in total. The fraction of sp³-hybridized carbons (Fsp3) is 0. The predicted molar refractivity (Wildman–Crippen MR) is 267 cm³/mol. The van der Waals surface area contributed by atoms with E-state index in [0.717, 1.165) is 126 Å². The van der Waals surface area contributed by atoms with Gasteiger partial charge < -0.3 is 17.8 Å². The van der Waals surface area contributed by atoms with Crippen molar-refractivity contribution in [2.75, 3.05) is 0 Å². The Bertz CT molecular complexity index is 4420. The van der Waals surface area contributed by atoms with E-state index in [1.165, 1.54) is 5.39 Å². The van der Waals surface area contributed by atoms with Crippen LogP contribution in [0.1, 0.15) is 0 Å². The Morgan fingerprint density at radius 2 is 0.833 bits per heavy atom. The van der Waals surface area contributed by atoms with Crippen molar-refractivity contribution in [1.82, 2.24) is 19.5 Å². The highest BCUT2D eigenvalue weighted by atomic mass is 16.3. The van der Waals surface area contributed by atoms with E-state index in [1.807, 2.05) is 48.5 Å². The standard InChI is InChI=1S/C59H32N4O3/c1-2-13-35-28-48-44(27-34(35)12-1)39-15-5-8-18-47(39)63(48)49-31-46-55(66-52-26-23-33-11-3-4-14-38(33)56(46)52)32-45(49)59-61-57(36-21-24-42-40-16-6-9-19-50(40)64-53(42)29-36)60-58(62-59)37-22-25-43-41-17-7-10-20-51(41)65-54(43)30-37/h1-32H. The summed E-state index contributed by atoms with van der Waals surface area (Å²) in [6.45, 7) is 0. The summed E-state index contributed by atoms with van der Waals surface area (Å²) >= 11 is 0. The maximum atomic E-state index is 6.81. The molecule has 5 aromatic heterocycles. The Kier molecular flexibility index (Phi) is 7.10. The highest BCUT2D eigenvalue weighted by Crippen LogP contribution is 2.44. The zero-order chi connectivity index (χ0) is 43.0. The van der Waals surface area contributed by atoms with Crippen molar-refractivity contribution >= 4 is 109 Å². The maximum absolute atomic E-state index is 6.81. The molecule has 7 nitrogen and oxygen atoms in total. The summed E-state index contributed by atoms with van der Waals surface area (Å²) in [5.41, 5.74) is 10.2. The first-order valence-electron chi connectivity index (χ1n) is 22.1. The fourth-order valence-corrected chi connectivity index (χ4v) is 10.3. The molecule has 5 heterocycles. The number of hydrogen-bond donors (Lipinski definition) is 0. The van der Waals surface area contributed by atoms with Crippen LogP contribution in [-0.2, 0) is 0 Å². The zero-order valence-electron chi connectivity index (χ0n) is 35.0. The maximum Gasteiger partial charge on any atom is 0.166 e. The lowest BCUT2D eigenvalue weighted by Crippen LogP contribution is -2.04. The van der Waals surface area contributed by atoms with Gasteiger partial charge in [0.25, 0.3) is 0 Å². The largest absolute Gasteiger partial charge is 0.456 e. The highest BCUT2D eigenvalue weighted by Gasteiger charge is 2.24. The predicted octanol–water partition coefficient (Wildman–Crippen LogP) is 16.0. The molecule has 0 saturated heterocycles. The van der Waals surface area contributed by atoms with Crippen molar-refractivity contribution in [3.8, 4) is 39.9 Å². The summed E-state index contributed by atoms with van der Waals surface area (Å²) in [7, 11) is 0. The van der Waals surface area contributed by atoms with Crippen LogP contribution in [0.3, 0.4) is 0 Å². The molecule has 0 aliphatic heterocycles. The lowest BCUT2D eigenvalue weighted by atomic mass is 10.0. The second kappa shape index (κ2) is 13.2. The molecule has 0 saturated carbocycles. The third-order valence-electron chi connectivity index (χ3n) is 13.4. The lowest BCUT2D eigenvalue weighted by Gasteiger charge is -2.15. The Morgan fingerprint density at radius 3 is 1.53 bits per heavy atom. The van der Waals surface area contributed by atoms with E-state index in [-0.39, 0.29) is 0 Å². The number of rotatable bonds is 4. The Hall–Kier alpha value is -9.07. The van der Waals surface area contributed by atoms with Crippen molar-refractivity contribution in [3.05, 3.63) is 194 Å². The molecule has 0 bridgehead atoms. The van der Waals surface area contributed by atoms with E-state index in [9.17, 15) is 0 Å². The lowest BCUT2D eigenvalue weighted by molar-refractivity contribution is 0.668. The minimum Gasteiger partial charge on any atom is -0.456 e. The fourth-order valence-electron chi connectivity index (χ4n) is 10.3. The van der Waals surface area contributed by atoms with Crippen LogP contribution in [0, 0.1) is 0 Å². The minimum atomic E-state index is 0.498. The van der Waals surface area contributed by atoms with E-state index in [2.05, 4.69) is 150 Å². The molecule has 66 heavy (non-hydrogen) atoms. The zero-order valence-corrected chi connectivity index (χ0v) is 35.0. The molecule has 0 unspecified atom stereocenters. The first-order valence-corrected chi connectivity index (χ1v) is 22.1. The molecule has 7 heteroatoms. The van der Waals surface area contributed by atoms with Gasteiger partial charge in [0.05, 0.1) is 16.7 Å². The van der Waals surface area contributed by atoms with E-state index < -0.39 is 0 Å². The van der Waals surface area contributed by atoms with Gasteiger partial charge in [-0.1, -0.05) is 121 Å². The van der Waals surface area contributed by atoms with Gasteiger partial charge in [0.15, 0.2) is 17.5 Å². The van der Waals surface area contributed by atoms with Gasteiger partial charge >= 0.3 is 0 Å². The summed E-state index contributed by atoms with van der Waals surface area (Å²) in [4.78, 5) is 16.1. The van der Waals surface area contributed by atoms with Crippen LogP contribution < -0.4 is 0 Å². The van der Waals surface area contributed by atoms with E-state index in [0.29, 0.717) is 17.5 Å². The molecular weight excluding hydrogens is 813 g/mol. The second-order valence-corrected chi connectivity index (χ2v) is 17.1. The molecule has 0 radical (unpaired) electrons. The van der Waals surface area contributed by atoms with Gasteiger partial charge in [-0.05, 0) is 94.3 Å². The van der Waals surface area contributed by atoms with E-state index in [4.69, 9.17) is 28.2 Å². The van der Waals surface area contributed by atoms with E-state index in [1.54, 1.807) is 0 Å². The molecular formula is C59H32N4O3. The van der Waals surface area contributed by atoms with Crippen molar-refractivity contribution in [2.24, 2.45) is 0 Å². The Balaban J connectivity index is 1.06. The summed E-state index contributed by atoms with van der Waals surface area (Å²) in [5.74, 6) is 1.52. The topological polar surface area (TPSA) is 83.0 Å². The monoisotopic (exact) mass is 844 g/mol. The molecule has 0 fully saturated rings. The smallest absolute Gasteiger partial charge is 0.166 e. The molecule has 15 rings (SSSR count). The highest BCUT2D eigenvalue weighted by molar-refractivity contribution is 6.20. The van der Waals surface area contributed by atoms with Crippen LogP contribution in [0.4, 0.5) is 0 Å². The number of hydrogen-bond acceptors (Lipinski definition) is 6. The van der Waals surface area contributed by atoms with Crippen molar-refractivity contribution in [3.63, 3.8) is 0 Å². The third kappa shape index (κ3) is 5.10.